The van der Waals surface area contributed by atoms with E-state index in [4.69, 9.17) is 10.2 Å². The Kier molecular flexibility index (Phi) is 1.91. The molecule has 0 atom stereocenters. The average Bonchev–Trinajstić information content (AvgIpc) is 2.83. The SMILES string of the molecule is Cc1cccc(-c2coc(C3(N)CC3)n2)c1. The number of nitrogens with two attached hydrogens (primary N) is 1. The summed E-state index contributed by atoms with van der Waals surface area (Å²) in [7, 11) is 0. The summed E-state index contributed by atoms with van der Waals surface area (Å²) in [6, 6.07) is 8.21. The minimum Gasteiger partial charge on any atom is -0.446 e. The Hall–Kier alpha value is -1.61. The molecule has 0 radical (unpaired) electrons. The van der Waals surface area contributed by atoms with Gasteiger partial charge in [0.1, 0.15) is 12.0 Å². The van der Waals surface area contributed by atoms with Crippen LogP contribution in [0.3, 0.4) is 0 Å². The Labute approximate surface area is 94.3 Å². The first-order chi connectivity index (χ1) is 7.67. The van der Waals surface area contributed by atoms with E-state index in [1.807, 2.05) is 12.1 Å². The van der Waals surface area contributed by atoms with Gasteiger partial charge in [0.25, 0.3) is 0 Å². The molecule has 1 aromatic carbocycles. The molecule has 3 heteroatoms. The zero-order valence-electron chi connectivity index (χ0n) is 9.23. The molecular formula is C13H14N2O. The molecule has 0 unspecified atom stereocenters. The van der Waals surface area contributed by atoms with Crippen LogP contribution in [-0.2, 0) is 5.54 Å². The summed E-state index contributed by atoms with van der Waals surface area (Å²) in [6.45, 7) is 2.07. The maximum Gasteiger partial charge on any atom is 0.214 e. The van der Waals surface area contributed by atoms with Gasteiger partial charge in [-0.1, -0.05) is 23.8 Å². The van der Waals surface area contributed by atoms with Crippen molar-refractivity contribution in [1.82, 2.24) is 4.98 Å². The number of aryl methyl sites for hydroxylation is 1. The van der Waals surface area contributed by atoms with E-state index < -0.39 is 0 Å². The molecule has 2 N–H and O–H groups in total. The van der Waals surface area contributed by atoms with Gasteiger partial charge in [-0.25, -0.2) is 4.98 Å². The number of hydrogen-bond donors (Lipinski definition) is 1. The summed E-state index contributed by atoms with van der Waals surface area (Å²) >= 11 is 0. The lowest BCUT2D eigenvalue weighted by atomic mass is 10.1. The van der Waals surface area contributed by atoms with Crippen LogP contribution in [0, 0.1) is 6.92 Å². The molecule has 1 aliphatic carbocycles. The largest absolute Gasteiger partial charge is 0.446 e. The van der Waals surface area contributed by atoms with Crippen LogP contribution >= 0.6 is 0 Å². The fraction of sp³-hybridized carbons (Fsp3) is 0.308. The van der Waals surface area contributed by atoms with Gasteiger partial charge in [0.2, 0.25) is 5.89 Å². The fourth-order valence-electron chi connectivity index (χ4n) is 1.79. The van der Waals surface area contributed by atoms with Crippen LogP contribution in [0.25, 0.3) is 11.3 Å². The Morgan fingerprint density at radius 2 is 2.19 bits per heavy atom. The highest BCUT2D eigenvalue weighted by Gasteiger charge is 2.44. The van der Waals surface area contributed by atoms with Crippen molar-refractivity contribution in [2.24, 2.45) is 5.73 Å². The van der Waals surface area contributed by atoms with Crippen LogP contribution in [0.1, 0.15) is 24.3 Å². The second-order valence-corrected chi connectivity index (χ2v) is 4.56. The van der Waals surface area contributed by atoms with Crippen LogP contribution in [0.5, 0.6) is 0 Å². The van der Waals surface area contributed by atoms with Crippen molar-refractivity contribution in [2.75, 3.05) is 0 Å². The highest BCUT2D eigenvalue weighted by molar-refractivity contribution is 5.59. The highest BCUT2D eigenvalue weighted by atomic mass is 16.3. The molecule has 1 aromatic heterocycles. The van der Waals surface area contributed by atoms with E-state index in [-0.39, 0.29) is 5.54 Å². The van der Waals surface area contributed by atoms with E-state index in [0.717, 1.165) is 24.1 Å². The summed E-state index contributed by atoms with van der Waals surface area (Å²) < 4.78 is 5.45. The van der Waals surface area contributed by atoms with Gasteiger partial charge in [0, 0.05) is 5.56 Å². The lowest BCUT2D eigenvalue weighted by molar-refractivity contribution is 0.440. The normalized spacial score (nSPS) is 17.4. The molecule has 1 aliphatic rings. The number of hydrogen-bond acceptors (Lipinski definition) is 3. The van der Waals surface area contributed by atoms with Crippen molar-refractivity contribution in [3.8, 4) is 11.3 Å². The molecule has 16 heavy (non-hydrogen) atoms. The smallest absolute Gasteiger partial charge is 0.214 e. The van der Waals surface area contributed by atoms with Crippen LogP contribution in [0.4, 0.5) is 0 Å². The molecule has 1 saturated carbocycles. The molecule has 0 bridgehead atoms. The third-order valence-corrected chi connectivity index (χ3v) is 3.03. The number of nitrogens with zero attached hydrogens (tertiary/aromatic N) is 1. The second-order valence-electron chi connectivity index (χ2n) is 4.56. The van der Waals surface area contributed by atoms with Crippen molar-refractivity contribution in [3.63, 3.8) is 0 Å². The topological polar surface area (TPSA) is 52.0 Å². The predicted molar refractivity (Wildman–Crippen MR) is 61.8 cm³/mol. The standard InChI is InChI=1S/C13H14N2O/c1-9-3-2-4-10(7-9)11-8-16-12(15-11)13(14)5-6-13/h2-4,7-8H,5-6,14H2,1H3. The average molecular weight is 214 g/mol. The summed E-state index contributed by atoms with van der Waals surface area (Å²) in [5.74, 6) is 0.670. The van der Waals surface area contributed by atoms with Crippen LogP contribution in [0.2, 0.25) is 0 Å². The van der Waals surface area contributed by atoms with E-state index in [1.165, 1.54) is 5.56 Å². The minimum absolute atomic E-state index is 0.290. The summed E-state index contributed by atoms with van der Waals surface area (Å²) in [5.41, 5.74) is 8.92. The van der Waals surface area contributed by atoms with Gasteiger partial charge < -0.3 is 10.2 Å². The van der Waals surface area contributed by atoms with Gasteiger partial charge in [-0.3, -0.25) is 0 Å². The van der Waals surface area contributed by atoms with Gasteiger partial charge in [-0.2, -0.15) is 0 Å². The van der Waals surface area contributed by atoms with Gasteiger partial charge in [-0.05, 0) is 25.8 Å². The third kappa shape index (κ3) is 1.53. The first kappa shape index (κ1) is 9.60. The molecule has 2 aromatic rings. The fourth-order valence-corrected chi connectivity index (χ4v) is 1.79. The number of rotatable bonds is 2. The quantitative estimate of drug-likeness (QED) is 0.836. The lowest BCUT2D eigenvalue weighted by Crippen LogP contribution is -2.18. The molecule has 1 fully saturated rings. The summed E-state index contributed by atoms with van der Waals surface area (Å²) in [4.78, 5) is 4.46. The first-order valence-electron chi connectivity index (χ1n) is 5.49. The Balaban J connectivity index is 1.98. The monoisotopic (exact) mass is 214 g/mol. The van der Waals surface area contributed by atoms with Crippen molar-refractivity contribution in [1.29, 1.82) is 0 Å². The summed E-state index contributed by atoms with van der Waals surface area (Å²) in [5, 5.41) is 0. The maximum atomic E-state index is 6.03. The van der Waals surface area contributed by atoms with Crippen molar-refractivity contribution in [2.45, 2.75) is 25.3 Å². The van der Waals surface area contributed by atoms with Crippen molar-refractivity contribution >= 4 is 0 Å². The number of aromatic nitrogens is 1. The van der Waals surface area contributed by atoms with Crippen LogP contribution < -0.4 is 5.73 Å². The first-order valence-corrected chi connectivity index (χ1v) is 5.49. The highest BCUT2D eigenvalue weighted by Crippen LogP contribution is 2.42. The van der Waals surface area contributed by atoms with Crippen LogP contribution in [0.15, 0.2) is 34.9 Å². The van der Waals surface area contributed by atoms with E-state index in [9.17, 15) is 0 Å². The molecule has 82 valence electrons. The third-order valence-electron chi connectivity index (χ3n) is 3.03. The lowest BCUT2D eigenvalue weighted by Gasteiger charge is -2.00. The zero-order valence-corrected chi connectivity index (χ0v) is 9.23. The Morgan fingerprint density at radius 1 is 1.38 bits per heavy atom. The van der Waals surface area contributed by atoms with E-state index in [1.54, 1.807) is 6.26 Å². The van der Waals surface area contributed by atoms with Gasteiger partial charge >= 0.3 is 0 Å². The zero-order chi connectivity index (χ0) is 11.2. The Morgan fingerprint density at radius 3 is 2.88 bits per heavy atom. The minimum atomic E-state index is -0.290. The van der Waals surface area contributed by atoms with E-state index >= 15 is 0 Å². The molecule has 0 spiro atoms. The molecule has 1 heterocycles. The molecule has 0 aliphatic heterocycles. The number of benzene rings is 1. The van der Waals surface area contributed by atoms with Crippen LogP contribution in [-0.4, -0.2) is 4.98 Å². The van der Waals surface area contributed by atoms with Crippen molar-refractivity contribution in [3.05, 3.63) is 42.0 Å². The Bertz CT molecular complexity index is 526. The predicted octanol–water partition coefficient (Wildman–Crippen LogP) is 2.60. The summed E-state index contributed by atoms with van der Waals surface area (Å²) in [6.07, 6.45) is 3.64. The molecule has 0 saturated heterocycles. The van der Waals surface area contributed by atoms with Gasteiger partial charge in [0.05, 0.1) is 5.54 Å². The number of oxazole rings is 1. The molecule has 3 nitrogen and oxygen atoms in total. The molecule has 0 amide bonds. The van der Waals surface area contributed by atoms with E-state index in [2.05, 4.69) is 24.0 Å². The van der Waals surface area contributed by atoms with E-state index in [0.29, 0.717) is 5.89 Å². The molecule has 3 rings (SSSR count). The van der Waals surface area contributed by atoms with Gasteiger partial charge in [0.15, 0.2) is 0 Å². The second kappa shape index (κ2) is 3.19. The maximum absolute atomic E-state index is 6.03. The van der Waals surface area contributed by atoms with Crippen molar-refractivity contribution < 1.29 is 4.42 Å². The molecular weight excluding hydrogens is 200 g/mol. The van der Waals surface area contributed by atoms with Gasteiger partial charge in [-0.15, -0.1) is 0 Å².